The van der Waals surface area contributed by atoms with Crippen molar-refractivity contribution in [1.82, 2.24) is 0 Å². The average molecular weight is 304 g/mol. The quantitative estimate of drug-likeness (QED) is 0.392. The van der Waals surface area contributed by atoms with E-state index in [1.54, 1.807) is 13.8 Å². The minimum atomic E-state index is 0. The molecule has 0 bridgehead atoms. The minimum absolute atomic E-state index is 0. The van der Waals surface area contributed by atoms with Gasteiger partial charge in [0.1, 0.15) is 0 Å². The van der Waals surface area contributed by atoms with Crippen LogP contribution in [0.4, 0.5) is 0 Å². The Balaban J connectivity index is -0.000000157. The van der Waals surface area contributed by atoms with Crippen LogP contribution in [0.5, 0.6) is 0 Å². The normalized spacial score (nSPS) is 5.65. The summed E-state index contributed by atoms with van der Waals surface area (Å²) in [6.45, 7) is 3.08. The zero-order valence-electron chi connectivity index (χ0n) is 10.2. The van der Waals surface area contributed by atoms with Gasteiger partial charge in [0.25, 0.3) is 0 Å². The van der Waals surface area contributed by atoms with Crippen LogP contribution in [-0.4, -0.2) is 0 Å². The van der Waals surface area contributed by atoms with Crippen molar-refractivity contribution >= 4 is 0 Å². The smallest absolute Gasteiger partial charge is 0 e. The zero-order valence-corrected chi connectivity index (χ0v) is 12.2. The molecule has 94 valence electrons. The molecule has 0 aromatic heterocycles. The van der Waals surface area contributed by atoms with Gasteiger partial charge in [-0.2, -0.15) is 18.2 Å². The van der Waals surface area contributed by atoms with Crippen LogP contribution in [0.15, 0.2) is 60.7 Å². The summed E-state index contributed by atoms with van der Waals surface area (Å²) in [5.74, 6) is 4.00. The Hall–Kier alpha value is -1.49. The molecule has 2 rings (SSSR count). The molecule has 2 aromatic carbocycles. The molecule has 0 nitrogen and oxygen atoms in total. The molecule has 0 radical (unpaired) electrons. The third-order valence-electron chi connectivity index (χ3n) is 1.11. The number of hydrogen-bond acceptors (Lipinski definition) is 0. The summed E-state index contributed by atoms with van der Waals surface area (Å²) in [6, 6.07) is 20.0. The van der Waals surface area contributed by atoms with E-state index >= 15 is 0 Å². The van der Waals surface area contributed by atoms with E-state index in [0.717, 1.165) is 0 Å². The van der Waals surface area contributed by atoms with Crippen molar-refractivity contribution in [3.05, 3.63) is 73.5 Å². The van der Waals surface area contributed by atoms with Gasteiger partial charge >= 0.3 is 0 Å². The van der Waals surface area contributed by atoms with Crippen molar-refractivity contribution in [3.8, 4) is 11.8 Å². The monoisotopic (exact) mass is 306 g/mol. The van der Waals surface area contributed by atoms with Gasteiger partial charge in [0, 0.05) is 21.1 Å². The maximum Gasteiger partial charge on any atom is 0 e. The molecule has 2 aromatic rings. The SMILES string of the molecule is [C-]#CC.[C-]#CC.[Mo].[cH-]1[cH-][cH-][cH-][cH-]1.c1cc[cH-]c1. The largest absolute Gasteiger partial charge is 0.748 e. The maximum absolute atomic E-state index is 5.96. The Labute approximate surface area is 120 Å². The van der Waals surface area contributed by atoms with Crippen LogP contribution in [0.25, 0.3) is 0 Å². The van der Waals surface area contributed by atoms with Crippen LogP contribution in [0.2, 0.25) is 0 Å². The fraction of sp³-hybridized carbons (Fsp3) is 0.125. The first-order valence-corrected chi connectivity index (χ1v) is 4.83. The van der Waals surface area contributed by atoms with Gasteiger partial charge in [0.05, 0.1) is 0 Å². The predicted molar refractivity (Wildman–Crippen MR) is 69.7 cm³/mol. The molecule has 0 aliphatic carbocycles. The number of hydrogen-bond donors (Lipinski definition) is 0. The Kier molecular flexibility index (Phi) is 29.4. The minimum Gasteiger partial charge on any atom is -0.748 e. The molecule has 0 atom stereocenters. The van der Waals surface area contributed by atoms with Gasteiger partial charge in [0.2, 0.25) is 0 Å². The zero-order chi connectivity index (χ0) is 12.5. The third kappa shape index (κ3) is 31.4. The van der Waals surface area contributed by atoms with Gasteiger partial charge in [-0.3, -0.25) is 0 Å². The van der Waals surface area contributed by atoms with Crippen LogP contribution in [0.1, 0.15) is 13.8 Å². The van der Waals surface area contributed by atoms with Gasteiger partial charge in [-0.25, -0.2) is 12.1 Å². The fourth-order valence-corrected chi connectivity index (χ4v) is 0.642. The van der Waals surface area contributed by atoms with E-state index in [0.29, 0.717) is 0 Å². The Morgan fingerprint density at radius 1 is 0.765 bits per heavy atom. The van der Waals surface area contributed by atoms with Gasteiger partial charge < -0.3 is 55.0 Å². The third-order valence-corrected chi connectivity index (χ3v) is 1.11. The van der Waals surface area contributed by atoms with E-state index in [9.17, 15) is 0 Å². The van der Waals surface area contributed by atoms with Crippen LogP contribution in [0, 0.1) is 24.7 Å². The van der Waals surface area contributed by atoms with Crippen LogP contribution >= 0.6 is 0 Å². The second-order valence-corrected chi connectivity index (χ2v) is 2.42. The Bertz CT molecular complexity index is 268. The van der Waals surface area contributed by atoms with Crippen molar-refractivity contribution in [3.63, 3.8) is 0 Å². The first-order valence-electron chi connectivity index (χ1n) is 4.83. The maximum atomic E-state index is 5.96. The van der Waals surface area contributed by atoms with Gasteiger partial charge in [-0.15, -0.1) is 0 Å². The van der Waals surface area contributed by atoms with Crippen molar-refractivity contribution in [1.29, 1.82) is 0 Å². The van der Waals surface area contributed by atoms with Crippen LogP contribution in [-0.2, 0) is 21.1 Å². The molecule has 0 N–H and O–H groups in total. The molecule has 0 fully saturated rings. The first kappa shape index (κ1) is 20.9. The second kappa shape index (κ2) is 24.0. The summed E-state index contributed by atoms with van der Waals surface area (Å²) in [7, 11) is 0. The van der Waals surface area contributed by atoms with Crippen LogP contribution < -0.4 is 0 Å². The van der Waals surface area contributed by atoms with E-state index < -0.39 is 0 Å². The molecule has 0 aliphatic rings. The summed E-state index contributed by atoms with van der Waals surface area (Å²) >= 11 is 0. The molecule has 0 amide bonds. The molecule has 0 spiro atoms. The molecule has 0 saturated heterocycles. The molecule has 17 heavy (non-hydrogen) atoms. The van der Waals surface area contributed by atoms with E-state index in [1.807, 2.05) is 72.5 Å². The molecular weight excluding hydrogens is 288 g/mol. The van der Waals surface area contributed by atoms with Crippen LogP contribution in [0.3, 0.4) is 0 Å². The summed E-state index contributed by atoms with van der Waals surface area (Å²) in [4.78, 5) is 0. The average Bonchev–Trinajstić information content (AvgIpc) is 3.00. The molecule has 1 heteroatoms. The number of rotatable bonds is 0. The van der Waals surface area contributed by atoms with Crippen molar-refractivity contribution in [2.75, 3.05) is 0 Å². The molecular formula is C16H16Mo-8. The standard InChI is InChI=1S/2C5H5.2C3H3.Mo/c2*1-2-4-5-3-1;2*1-3-2;/h2*1-5H;2*1H3;/q-5;3*-1;. The summed E-state index contributed by atoms with van der Waals surface area (Å²) in [5, 5.41) is 0. The van der Waals surface area contributed by atoms with E-state index in [4.69, 9.17) is 12.8 Å². The van der Waals surface area contributed by atoms with Crippen molar-refractivity contribution in [2.24, 2.45) is 0 Å². The Morgan fingerprint density at radius 3 is 1.12 bits per heavy atom. The van der Waals surface area contributed by atoms with Gasteiger partial charge in [-0.1, -0.05) is 0 Å². The van der Waals surface area contributed by atoms with E-state index in [2.05, 4.69) is 0 Å². The fourth-order valence-electron chi connectivity index (χ4n) is 0.642. The van der Waals surface area contributed by atoms with Gasteiger partial charge in [-0.05, 0) is 13.8 Å². The van der Waals surface area contributed by atoms with E-state index in [-0.39, 0.29) is 21.1 Å². The first-order chi connectivity index (χ1) is 7.83. The Morgan fingerprint density at radius 2 is 1.00 bits per heavy atom. The van der Waals surface area contributed by atoms with E-state index in [1.165, 1.54) is 0 Å². The topological polar surface area (TPSA) is 0 Å². The molecule has 0 aliphatic heterocycles. The summed E-state index contributed by atoms with van der Waals surface area (Å²) in [6.07, 6.45) is 11.9. The summed E-state index contributed by atoms with van der Waals surface area (Å²) < 4.78 is 0. The summed E-state index contributed by atoms with van der Waals surface area (Å²) in [5.41, 5.74) is 0. The molecule has 0 saturated carbocycles. The second-order valence-electron chi connectivity index (χ2n) is 2.42. The molecule has 0 unspecified atom stereocenters. The predicted octanol–water partition coefficient (Wildman–Crippen LogP) is 4.00. The molecule has 0 heterocycles. The van der Waals surface area contributed by atoms with Gasteiger partial charge in [0.15, 0.2) is 0 Å². The van der Waals surface area contributed by atoms with Crippen molar-refractivity contribution < 1.29 is 21.1 Å². The van der Waals surface area contributed by atoms with Crippen molar-refractivity contribution in [2.45, 2.75) is 13.8 Å².